The first kappa shape index (κ1) is 19.0. The van der Waals surface area contributed by atoms with Gasteiger partial charge in [-0.15, -0.1) is 0 Å². The standard InChI is InChI=1S/C15H16F4N2O4/c1-8(25-10-5-3-9(24-2)4-6-10)13(22)21-15(23,14(18)19)7-11(20-21)12(16)17/h3-6,8,12,14,23H,7H2,1-2H3. The van der Waals surface area contributed by atoms with Crippen LogP contribution in [0.2, 0.25) is 0 Å². The molecule has 1 amide bonds. The van der Waals surface area contributed by atoms with Crippen LogP contribution in [0.1, 0.15) is 13.3 Å². The number of carbonyl (C=O) groups excluding carboxylic acids is 1. The van der Waals surface area contributed by atoms with Crippen molar-refractivity contribution in [3.8, 4) is 11.5 Å². The predicted octanol–water partition coefficient (Wildman–Crippen LogP) is 2.27. The van der Waals surface area contributed by atoms with Gasteiger partial charge >= 0.3 is 0 Å². The molecule has 2 atom stereocenters. The van der Waals surface area contributed by atoms with E-state index in [1.165, 1.54) is 26.2 Å². The summed E-state index contributed by atoms with van der Waals surface area (Å²) in [6.45, 7) is 1.23. The fourth-order valence-electron chi connectivity index (χ4n) is 2.20. The molecule has 0 saturated carbocycles. The van der Waals surface area contributed by atoms with Crippen molar-refractivity contribution in [2.45, 2.75) is 38.0 Å². The van der Waals surface area contributed by atoms with E-state index in [1.54, 1.807) is 12.1 Å². The molecule has 1 heterocycles. The van der Waals surface area contributed by atoms with E-state index in [0.29, 0.717) is 5.75 Å². The summed E-state index contributed by atoms with van der Waals surface area (Å²) in [4.78, 5) is 12.3. The number of nitrogens with zero attached hydrogens (tertiary/aromatic N) is 2. The maximum Gasteiger partial charge on any atom is 0.287 e. The number of methoxy groups -OCH3 is 1. The molecule has 1 aliphatic heterocycles. The minimum atomic E-state index is -3.48. The molecule has 0 radical (unpaired) electrons. The molecule has 0 spiro atoms. The molecule has 138 valence electrons. The van der Waals surface area contributed by atoms with E-state index in [1.807, 2.05) is 0 Å². The number of aliphatic hydroxyl groups is 1. The van der Waals surface area contributed by atoms with E-state index < -0.39 is 42.7 Å². The Morgan fingerprint density at radius 3 is 2.28 bits per heavy atom. The molecular weight excluding hydrogens is 348 g/mol. The van der Waals surface area contributed by atoms with Crippen LogP contribution >= 0.6 is 0 Å². The molecule has 1 aromatic rings. The zero-order valence-corrected chi connectivity index (χ0v) is 13.3. The third-order valence-electron chi connectivity index (χ3n) is 3.57. The Labute approximate surface area is 140 Å². The molecule has 0 saturated heterocycles. The lowest BCUT2D eigenvalue weighted by Gasteiger charge is -2.31. The smallest absolute Gasteiger partial charge is 0.287 e. The molecule has 1 N–H and O–H groups in total. The molecule has 0 aliphatic carbocycles. The van der Waals surface area contributed by atoms with Crippen molar-refractivity contribution in [3.63, 3.8) is 0 Å². The van der Waals surface area contributed by atoms with Crippen LogP contribution in [0.3, 0.4) is 0 Å². The van der Waals surface area contributed by atoms with Gasteiger partial charge in [-0.2, -0.15) is 10.1 Å². The van der Waals surface area contributed by atoms with Crippen LogP contribution in [0, 0.1) is 0 Å². The summed E-state index contributed by atoms with van der Waals surface area (Å²) in [5, 5.41) is 13.1. The Balaban J connectivity index is 2.17. The lowest BCUT2D eigenvalue weighted by atomic mass is 10.1. The summed E-state index contributed by atoms with van der Waals surface area (Å²) in [6, 6.07) is 6.04. The molecule has 0 aromatic heterocycles. The number of carbonyl (C=O) groups is 1. The van der Waals surface area contributed by atoms with E-state index in [4.69, 9.17) is 9.47 Å². The summed E-state index contributed by atoms with van der Waals surface area (Å²) in [5.74, 6) is -0.419. The highest BCUT2D eigenvalue weighted by Crippen LogP contribution is 2.34. The lowest BCUT2D eigenvalue weighted by Crippen LogP contribution is -2.54. The van der Waals surface area contributed by atoms with Gasteiger partial charge in [0.25, 0.3) is 18.8 Å². The lowest BCUT2D eigenvalue weighted by molar-refractivity contribution is -0.196. The summed E-state index contributed by atoms with van der Waals surface area (Å²) in [7, 11) is 1.46. The van der Waals surface area contributed by atoms with Crippen molar-refractivity contribution >= 4 is 11.6 Å². The first-order chi connectivity index (χ1) is 11.7. The number of rotatable bonds is 6. The first-order valence-electron chi connectivity index (χ1n) is 7.20. The molecular formula is C15H16F4N2O4. The van der Waals surface area contributed by atoms with Gasteiger partial charge in [0.2, 0.25) is 5.72 Å². The molecule has 6 nitrogen and oxygen atoms in total. The molecule has 2 unspecified atom stereocenters. The zero-order valence-electron chi connectivity index (χ0n) is 13.3. The van der Waals surface area contributed by atoms with Crippen LogP contribution < -0.4 is 9.47 Å². The summed E-state index contributed by atoms with van der Waals surface area (Å²) < 4.78 is 62.0. The van der Waals surface area contributed by atoms with Crippen molar-refractivity contribution in [3.05, 3.63) is 24.3 Å². The molecule has 10 heteroatoms. The second-order valence-electron chi connectivity index (χ2n) is 5.33. The number of ether oxygens (including phenoxy) is 2. The Bertz CT molecular complexity index is 653. The fraction of sp³-hybridized carbons (Fsp3) is 0.467. The van der Waals surface area contributed by atoms with E-state index in [2.05, 4.69) is 5.10 Å². The number of hydrazone groups is 1. The van der Waals surface area contributed by atoms with Gasteiger partial charge < -0.3 is 14.6 Å². The fourth-order valence-corrected chi connectivity index (χ4v) is 2.20. The van der Waals surface area contributed by atoms with Crippen LogP contribution in [0.4, 0.5) is 17.6 Å². The van der Waals surface area contributed by atoms with Crippen LogP contribution in [0.15, 0.2) is 29.4 Å². The highest BCUT2D eigenvalue weighted by Gasteiger charge is 2.54. The van der Waals surface area contributed by atoms with Crippen LogP contribution in [-0.2, 0) is 4.79 Å². The summed E-state index contributed by atoms with van der Waals surface area (Å²) >= 11 is 0. The normalized spacial score (nSPS) is 21.5. The average Bonchev–Trinajstić information content (AvgIpc) is 2.94. The Hall–Kier alpha value is -2.36. The van der Waals surface area contributed by atoms with E-state index in [-0.39, 0.29) is 10.8 Å². The average molecular weight is 364 g/mol. The molecule has 1 aromatic carbocycles. The molecule has 2 rings (SSSR count). The van der Waals surface area contributed by atoms with Crippen molar-refractivity contribution in [1.29, 1.82) is 0 Å². The SMILES string of the molecule is COc1ccc(OC(C)C(=O)N2N=C(C(F)F)CC2(O)C(F)F)cc1. The zero-order chi connectivity index (χ0) is 18.8. The van der Waals surface area contributed by atoms with E-state index in [0.717, 1.165) is 0 Å². The maximum atomic E-state index is 13.1. The number of benzene rings is 1. The highest BCUT2D eigenvalue weighted by molar-refractivity contribution is 5.93. The second kappa shape index (κ2) is 7.26. The largest absolute Gasteiger partial charge is 0.497 e. The molecule has 25 heavy (non-hydrogen) atoms. The van der Waals surface area contributed by atoms with E-state index in [9.17, 15) is 27.5 Å². The number of halogens is 4. The monoisotopic (exact) mass is 364 g/mol. The van der Waals surface area contributed by atoms with Crippen LogP contribution in [0.5, 0.6) is 11.5 Å². The van der Waals surface area contributed by atoms with Crippen molar-refractivity contribution in [2.24, 2.45) is 5.10 Å². The Kier molecular flexibility index (Phi) is 5.51. The Morgan fingerprint density at radius 2 is 1.80 bits per heavy atom. The topological polar surface area (TPSA) is 71.4 Å². The van der Waals surface area contributed by atoms with Crippen molar-refractivity contribution in [2.75, 3.05) is 7.11 Å². The number of hydrogen-bond acceptors (Lipinski definition) is 5. The number of amides is 1. The highest BCUT2D eigenvalue weighted by atomic mass is 19.3. The van der Waals surface area contributed by atoms with Gasteiger partial charge in [-0.1, -0.05) is 0 Å². The van der Waals surface area contributed by atoms with Crippen LogP contribution in [0.25, 0.3) is 0 Å². The molecule has 1 aliphatic rings. The summed E-state index contributed by atoms with van der Waals surface area (Å²) in [5.41, 5.74) is -4.12. The summed E-state index contributed by atoms with van der Waals surface area (Å²) in [6.07, 6.45) is -9.13. The van der Waals surface area contributed by atoms with Crippen LogP contribution in [-0.4, -0.2) is 53.5 Å². The molecule has 0 fully saturated rings. The van der Waals surface area contributed by atoms with Gasteiger partial charge in [-0.3, -0.25) is 4.79 Å². The molecule has 0 bridgehead atoms. The second-order valence-corrected chi connectivity index (χ2v) is 5.33. The first-order valence-corrected chi connectivity index (χ1v) is 7.20. The Morgan fingerprint density at radius 1 is 1.24 bits per heavy atom. The van der Waals surface area contributed by atoms with Crippen molar-refractivity contribution in [1.82, 2.24) is 5.01 Å². The van der Waals surface area contributed by atoms with Gasteiger partial charge in [0, 0.05) is 6.42 Å². The quantitative estimate of drug-likeness (QED) is 0.786. The third-order valence-corrected chi connectivity index (χ3v) is 3.57. The predicted molar refractivity (Wildman–Crippen MR) is 78.9 cm³/mol. The van der Waals surface area contributed by atoms with Gasteiger partial charge in [0.1, 0.15) is 17.2 Å². The third kappa shape index (κ3) is 3.84. The minimum Gasteiger partial charge on any atom is -0.497 e. The van der Waals surface area contributed by atoms with Gasteiger partial charge in [-0.25, -0.2) is 17.6 Å². The van der Waals surface area contributed by atoms with E-state index >= 15 is 0 Å². The van der Waals surface area contributed by atoms with Gasteiger partial charge in [0.15, 0.2) is 6.10 Å². The van der Waals surface area contributed by atoms with Gasteiger partial charge in [0.05, 0.1) is 7.11 Å². The number of alkyl halides is 4. The maximum absolute atomic E-state index is 13.1. The van der Waals surface area contributed by atoms with Crippen molar-refractivity contribution < 1.29 is 36.9 Å². The minimum absolute atomic E-state index is 0.0205. The number of hydrogen-bond donors (Lipinski definition) is 1. The van der Waals surface area contributed by atoms with Gasteiger partial charge in [-0.05, 0) is 31.2 Å².